The molecular weight excluding hydrogens is 474 g/mol. The maximum absolute atomic E-state index is 13.3. The molecule has 6 nitrogen and oxygen atoms in total. The van der Waals surface area contributed by atoms with E-state index >= 15 is 0 Å². The lowest BCUT2D eigenvalue weighted by Gasteiger charge is -2.34. The summed E-state index contributed by atoms with van der Waals surface area (Å²) in [5.74, 6) is -0.880. The standard InChI is InChI=1S/C25H24BrNO5/c1-14-21(25(30)32-13-15-7-4-3-5-8-15)22(23-18(27-14)9-6-10-19(23)28)16-11-17(26)24(29)20(12-16)31-2/h3-5,7-8,11-12,22,27,29H,6,9-10,13H2,1-2H3/t22-/m1/s1. The minimum Gasteiger partial charge on any atom is -0.503 e. The maximum atomic E-state index is 13.3. The maximum Gasteiger partial charge on any atom is 0.337 e. The fourth-order valence-corrected chi connectivity index (χ4v) is 4.76. The van der Waals surface area contributed by atoms with Gasteiger partial charge in [-0.05, 0) is 59.0 Å². The molecule has 2 aromatic carbocycles. The Morgan fingerprint density at radius 1 is 1.22 bits per heavy atom. The normalized spacial score (nSPS) is 18.2. The van der Waals surface area contributed by atoms with E-state index in [-0.39, 0.29) is 23.9 Å². The number of phenols is 1. The van der Waals surface area contributed by atoms with Crippen molar-refractivity contribution in [3.8, 4) is 11.5 Å². The number of esters is 1. The van der Waals surface area contributed by atoms with Gasteiger partial charge in [-0.25, -0.2) is 4.79 Å². The summed E-state index contributed by atoms with van der Waals surface area (Å²) >= 11 is 3.36. The van der Waals surface area contributed by atoms with Crippen molar-refractivity contribution in [3.05, 3.63) is 80.6 Å². The molecule has 4 rings (SSSR count). The number of aromatic hydroxyl groups is 1. The summed E-state index contributed by atoms with van der Waals surface area (Å²) in [4.78, 5) is 26.3. The molecular formula is C25H24BrNO5. The number of benzene rings is 2. The van der Waals surface area contributed by atoms with Gasteiger partial charge in [0.15, 0.2) is 17.3 Å². The van der Waals surface area contributed by atoms with Crippen LogP contribution >= 0.6 is 15.9 Å². The number of phenolic OH excluding ortho intramolecular Hbond substituents is 1. The van der Waals surface area contributed by atoms with Crippen molar-refractivity contribution in [2.75, 3.05) is 7.11 Å². The monoisotopic (exact) mass is 497 g/mol. The number of nitrogens with one attached hydrogen (secondary N) is 1. The molecule has 0 bridgehead atoms. The van der Waals surface area contributed by atoms with Crippen LogP contribution in [0.15, 0.2) is 69.5 Å². The summed E-state index contributed by atoms with van der Waals surface area (Å²) in [6, 6.07) is 12.8. The highest BCUT2D eigenvalue weighted by Gasteiger charge is 2.39. The van der Waals surface area contributed by atoms with Gasteiger partial charge in [0, 0.05) is 29.3 Å². The first-order chi connectivity index (χ1) is 15.4. The van der Waals surface area contributed by atoms with Crippen molar-refractivity contribution in [3.63, 3.8) is 0 Å². The first-order valence-electron chi connectivity index (χ1n) is 10.4. The van der Waals surface area contributed by atoms with Gasteiger partial charge in [-0.2, -0.15) is 0 Å². The van der Waals surface area contributed by atoms with Crippen LogP contribution in [0.1, 0.15) is 43.2 Å². The van der Waals surface area contributed by atoms with Gasteiger partial charge in [0.05, 0.1) is 17.2 Å². The predicted molar refractivity (Wildman–Crippen MR) is 123 cm³/mol. The van der Waals surface area contributed by atoms with E-state index in [2.05, 4.69) is 21.2 Å². The second-order valence-electron chi connectivity index (χ2n) is 7.88. The predicted octanol–water partition coefficient (Wildman–Crippen LogP) is 4.87. The third-order valence-corrected chi connectivity index (χ3v) is 6.42. The fourth-order valence-electron chi connectivity index (χ4n) is 4.30. The van der Waals surface area contributed by atoms with E-state index in [1.165, 1.54) is 7.11 Å². The number of dihydropyridines is 1. The molecule has 1 heterocycles. The molecule has 0 fully saturated rings. The number of allylic oxidation sites excluding steroid dienone is 3. The Balaban J connectivity index is 1.78. The number of methoxy groups -OCH3 is 1. The molecule has 0 aromatic heterocycles. The molecule has 1 aliphatic carbocycles. The lowest BCUT2D eigenvalue weighted by Crippen LogP contribution is -2.34. The van der Waals surface area contributed by atoms with Gasteiger partial charge in [-0.15, -0.1) is 0 Å². The van der Waals surface area contributed by atoms with Crippen LogP contribution in [0.4, 0.5) is 0 Å². The lowest BCUT2D eigenvalue weighted by molar-refractivity contribution is -0.140. The average molecular weight is 498 g/mol. The van der Waals surface area contributed by atoms with E-state index in [9.17, 15) is 14.7 Å². The summed E-state index contributed by atoms with van der Waals surface area (Å²) < 4.78 is 11.4. The van der Waals surface area contributed by atoms with Crippen LogP contribution in [0.5, 0.6) is 11.5 Å². The topological polar surface area (TPSA) is 84.9 Å². The molecule has 2 aliphatic rings. The number of carbonyl (C=O) groups is 2. The molecule has 0 radical (unpaired) electrons. The Hall–Kier alpha value is -3.06. The van der Waals surface area contributed by atoms with E-state index in [1.807, 2.05) is 37.3 Å². The van der Waals surface area contributed by atoms with E-state index in [0.717, 1.165) is 24.1 Å². The molecule has 0 amide bonds. The summed E-state index contributed by atoms with van der Waals surface area (Å²) in [6.45, 7) is 1.95. The number of ketones is 1. The molecule has 0 unspecified atom stereocenters. The molecule has 0 saturated carbocycles. The van der Waals surface area contributed by atoms with Gasteiger partial charge in [0.2, 0.25) is 0 Å². The zero-order valence-electron chi connectivity index (χ0n) is 17.9. The number of halogens is 1. The summed E-state index contributed by atoms with van der Waals surface area (Å²) in [5, 5.41) is 13.6. The van der Waals surface area contributed by atoms with E-state index in [0.29, 0.717) is 33.3 Å². The van der Waals surface area contributed by atoms with Gasteiger partial charge in [0.25, 0.3) is 0 Å². The molecule has 0 spiro atoms. The van der Waals surface area contributed by atoms with Crippen LogP contribution in [0, 0.1) is 0 Å². The quantitative estimate of drug-likeness (QED) is 0.572. The van der Waals surface area contributed by atoms with Gasteiger partial charge in [-0.1, -0.05) is 30.3 Å². The van der Waals surface area contributed by atoms with Crippen LogP contribution in [0.3, 0.4) is 0 Å². The molecule has 166 valence electrons. The molecule has 2 N–H and O–H groups in total. The van der Waals surface area contributed by atoms with Gasteiger partial charge in [0.1, 0.15) is 6.61 Å². The number of Topliss-reactive ketones (excluding diaryl/α,β-unsaturated/α-hetero) is 1. The lowest BCUT2D eigenvalue weighted by atomic mass is 9.75. The van der Waals surface area contributed by atoms with Crippen molar-refractivity contribution in [2.45, 2.75) is 38.7 Å². The van der Waals surface area contributed by atoms with Crippen LogP contribution < -0.4 is 10.1 Å². The van der Waals surface area contributed by atoms with Crippen LogP contribution in [-0.4, -0.2) is 24.0 Å². The third kappa shape index (κ3) is 4.17. The minimum absolute atomic E-state index is 0.00720. The Kier molecular flexibility index (Phi) is 6.37. The second kappa shape index (κ2) is 9.20. The van der Waals surface area contributed by atoms with Gasteiger partial charge in [-0.3, -0.25) is 4.79 Å². The van der Waals surface area contributed by atoms with Crippen molar-refractivity contribution in [1.82, 2.24) is 5.32 Å². The SMILES string of the molecule is COc1cc([C@@H]2C(C(=O)OCc3ccccc3)=C(C)NC3=C2C(=O)CCC3)cc(Br)c1O. The van der Waals surface area contributed by atoms with Crippen LogP contribution in [-0.2, 0) is 20.9 Å². The van der Waals surface area contributed by atoms with Crippen molar-refractivity contribution in [1.29, 1.82) is 0 Å². The third-order valence-electron chi connectivity index (χ3n) is 5.81. The fraction of sp³-hybridized carbons (Fsp3) is 0.280. The number of carbonyl (C=O) groups excluding carboxylic acids is 2. The van der Waals surface area contributed by atoms with Crippen LogP contribution in [0.25, 0.3) is 0 Å². The molecule has 0 saturated heterocycles. The summed E-state index contributed by atoms with van der Waals surface area (Å²) in [7, 11) is 1.46. The van der Waals surface area contributed by atoms with Gasteiger partial charge < -0.3 is 19.9 Å². The summed E-state index contributed by atoms with van der Waals surface area (Å²) in [6.07, 6.45) is 1.93. The highest BCUT2D eigenvalue weighted by atomic mass is 79.9. The Bertz CT molecular complexity index is 1140. The molecule has 32 heavy (non-hydrogen) atoms. The molecule has 2 aromatic rings. The summed E-state index contributed by atoms with van der Waals surface area (Å²) in [5.41, 5.74) is 4.00. The highest BCUT2D eigenvalue weighted by molar-refractivity contribution is 9.10. The number of ether oxygens (including phenoxy) is 2. The zero-order valence-corrected chi connectivity index (χ0v) is 19.5. The number of hydrogen-bond acceptors (Lipinski definition) is 6. The Morgan fingerprint density at radius 2 is 1.97 bits per heavy atom. The van der Waals surface area contributed by atoms with Crippen molar-refractivity contribution >= 4 is 27.7 Å². The number of hydrogen-bond donors (Lipinski definition) is 2. The van der Waals surface area contributed by atoms with Gasteiger partial charge >= 0.3 is 5.97 Å². The molecule has 1 atom stereocenters. The van der Waals surface area contributed by atoms with Crippen molar-refractivity contribution in [2.24, 2.45) is 0 Å². The minimum atomic E-state index is -0.617. The first-order valence-corrected chi connectivity index (χ1v) is 11.2. The zero-order chi connectivity index (χ0) is 22.8. The second-order valence-corrected chi connectivity index (χ2v) is 8.74. The molecule has 7 heteroatoms. The Labute approximate surface area is 195 Å². The smallest absolute Gasteiger partial charge is 0.337 e. The number of rotatable bonds is 5. The Morgan fingerprint density at radius 3 is 2.69 bits per heavy atom. The van der Waals surface area contributed by atoms with Crippen molar-refractivity contribution < 1.29 is 24.2 Å². The first kappa shape index (κ1) is 22.1. The molecule has 1 aliphatic heterocycles. The van der Waals surface area contributed by atoms with Crippen LogP contribution in [0.2, 0.25) is 0 Å². The highest BCUT2D eigenvalue weighted by Crippen LogP contribution is 2.46. The van der Waals surface area contributed by atoms with E-state index in [1.54, 1.807) is 12.1 Å². The van der Waals surface area contributed by atoms with E-state index < -0.39 is 11.9 Å². The average Bonchev–Trinajstić information content (AvgIpc) is 2.79. The van der Waals surface area contributed by atoms with E-state index in [4.69, 9.17) is 9.47 Å². The largest absolute Gasteiger partial charge is 0.503 e.